The standard InChI is InChI=1S/C18H14Cl2N6O/c1-10-15(17(27)22-12-8-6-11(19)7-9-12)16(13-4-2-3-5-14(13)20)26-18(21-10)23-24-25-26/h2-9,16H,1H3,(H,22,27)(H,21,23,25). The van der Waals surface area contributed by atoms with Gasteiger partial charge >= 0.3 is 0 Å². The number of hydrogen-bond acceptors (Lipinski definition) is 5. The number of carbonyl (C=O) groups is 1. The molecule has 1 atom stereocenters. The Hall–Kier alpha value is -2.90. The molecular weight excluding hydrogens is 387 g/mol. The number of rotatable bonds is 3. The zero-order valence-electron chi connectivity index (χ0n) is 14.1. The first-order valence-corrected chi connectivity index (χ1v) is 8.87. The fourth-order valence-corrected chi connectivity index (χ4v) is 3.39. The number of nitrogens with one attached hydrogen (secondary N) is 2. The predicted molar refractivity (Wildman–Crippen MR) is 104 cm³/mol. The quantitative estimate of drug-likeness (QED) is 0.695. The second kappa shape index (κ2) is 7.02. The summed E-state index contributed by atoms with van der Waals surface area (Å²) in [5, 5.41) is 18.8. The van der Waals surface area contributed by atoms with Crippen molar-refractivity contribution in [3.05, 3.63) is 75.4 Å². The third-order valence-corrected chi connectivity index (χ3v) is 4.86. The van der Waals surface area contributed by atoms with Gasteiger partial charge in [0.25, 0.3) is 5.91 Å². The van der Waals surface area contributed by atoms with Crippen LogP contribution in [0.5, 0.6) is 0 Å². The van der Waals surface area contributed by atoms with Gasteiger partial charge < -0.3 is 10.6 Å². The van der Waals surface area contributed by atoms with Gasteiger partial charge in [-0.1, -0.05) is 46.5 Å². The van der Waals surface area contributed by atoms with E-state index in [0.717, 1.165) is 5.56 Å². The average Bonchev–Trinajstić information content (AvgIpc) is 3.11. The Labute approximate surface area is 165 Å². The van der Waals surface area contributed by atoms with Gasteiger partial charge in [-0.2, -0.15) is 4.68 Å². The van der Waals surface area contributed by atoms with Crippen molar-refractivity contribution in [3.63, 3.8) is 0 Å². The van der Waals surface area contributed by atoms with Gasteiger partial charge in [-0.3, -0.25) is 4.79 Å². The third-order valence-electron chi connectivity index (χ3n) is 4.26. The molecule has 0 aliphatic carbocycles. The molecule has 0 bridgehead atoms. The number of nitrogens with zero attached hydrogens (tertiary/aromatic N) is 4. The largest absolute Gasteiger partial charge is 0.326 e. The van der Waals surface area contributed by atoms with Crippen molar-refractivity contribution in [2.45, 2.75) is 13.0 Å². The minimum atomic E-state index is -0.558. The summed E-state index contributed by atoms with van der Waals surface area (Å²) < 4.78 is 1.55. The summed E-state index contributed by atoms with van der Waals surface area (Å²) >= 11 is 12.3. The van der Waals surface area contributed by atoms with Gasteiger partial charge in [-0.25, -0.2) is 0 Å². The van der Waals surface area contributed by atoms with Gasteiger partial charge in [-0.15, -0.1) is 0 Å². The number of tetrazole rings is 1. The second-order valence-electron chi connectivity index (χ2n) is 6.00. The lowest BCUT2D eigenvalue weighted by Crippen LogP contribution is -2.31. The number of allylic oxidation sites excluding steroid dienone is 1. The molecule has 0 radical (unpaired) electrons. The molecule has 0 spiro atoms. The minimum Gasteiger partial charge on any atom is -0.326 e. The number of benzene rings is 2. The Bertz CT molecular complexity index is 1040. The normalized spacial score (nSPS) is 15.9. The van der Waals surface area contributed by atoms with Crippen LogP contribution in [-0.4, -0.2) is 26.1 Å². The molecule has 136 valence electrons. The van der Waals surface area contributed by atoms with Crippen molar-refractivity contribution in [3.8, 4) is 0 Å². The van der Waals surface area contributed by atoms with Crippen LogP contribution in [0.15, 0.2) is 59.8 Å². The van der Waals surface area contributed by atoms with Crippen molar-refractivity contribution in [2.75, 3.05) is 10.6 Å². The van der Waals surface area contributed by atoms with Crippen LogP contribution in [0.1, 0.15) is 18.5 Å². The van der Waals surface area contributed by atoms with E-state index in [1.54, 1.807) is 41.9 Å². The first-order chi connectivity index (χ1) is 13.0. The molecule has 9 heteroatoms. The number of amides is 1. The monoisotopic (exact) mass is 400 g/mol. The van der Waals surface area contributed by atoms with Gasteiger partial charge in [0.1, 0.15) is 6.04 Å². The van der Waals surface area contributed by atoms with E-state index in [-0.39, 0.29) is 5.91 Å². The Morgan fingerprint density at radius 1 is 1.15 bits per heavy atom. The summed E-state index contributed by atoms with van der Waals surface area (Å²) in [5.41, 5.74) is 2.48. The highest BCUT2D eigenvalue weighted by atomic mass is 35.5. The van der Waals surface area contributed by atoms with Gasteiger partial charge in [0.05, 0.1) is 5.57 Å². The number of carbonyl (C=O) groups excluding carboxylic acids is 1. The van der Waals surface area contributed by atoms with Gasteiger partial charge in [-0.05, 0) is 47.7 Å². The highest BCUT2D eigenvalue weighted by molar-refractivity contribution is 6.31. The van der Waals surface area contributed by atoms with Crippen molar-refractivity contribution < 1.29 is 4.79 Å². The summed E-state index contributed by atoms with van der Waals surface area (Å²) in [6, 6.07) is 13.6. The molecule has 3 aromatic rings. The maximum atomic E-state index is 13.1. The van der Waals surface area contributed by atoms with E-state index >= 15 is 0 Å². The van der Waals surface area contributed by atoms with E-state index < -0.39 is 6.04 Å². The molecule has 1 unspecified atom stereocenters. The summed E-state index contributed by atoms with van der Waals surface area (Å²) in [6.45, 7) is 1.80. The van der Waals surface area contributed by atoms with E-state index in [1.807, 2.05) is 18.2 Å². The highest BCUT2D eigenvalue weighted by Crippen LogP contribution is 2.37. The Morgan fingerprint density at radius 3 is 2.63 bits per heavy atom. The van der Waals surface area contributed by atoms with Gasteiger partial charge in [0.15, 0.2) is 0 Å². The third kappa shape index (κ3) is 3.27. The van der Waals surface area contributed by atoms with Crippen LogP contribution in [0.2, 0.25) is 10.0 Å². The molecular formula is C18H14Cl2N6O. The number of halogens is 2. The number of anilines is 2. The summed E-state index contributed by atoms with van der Waals surface area (Å²) in [4.78, 5) is 13.1. The van der Waals surface area contributed by atoms with Crippen LogP contribution < -0.4 is 10.6 Å². The van der Waals surface area contributed by atoms with Crippen LogP contribution in [0.25, 0.3) is 0 Å². The smallest absolute Gasteiger partial charge is 0.255 e. The lowest BCUT2D eigenvalue weighted by molar-refractivity contribution is -0.113. The molecule has 0 fully saturated rings. The van der Waals surface area contributed by atoms with E-state index in [9.17, 15) is 4.79 Å². The lowest BCUT2D eigenvalue weighted by Gasteiger charge is -2.28. The summed E-state index contributed by atoms with van der Waals surface area (Å²) in [6.07, 6.45) is 0. The molecule has 0 saturated carbocycles. The van der Waals surface area contributed by atoms with E-state index in [4.69, 9.17) is 23.2 Å². The number of hydrogen-bond donors (Lipinski definition) is 2. The fraction of sp³-hybridized carbons (Fsp3) is 0.111. The predicted octanol–water partition coefficient (Wildman–Crippen LogP) is 3.91. The summed E-state index contributed by atoms with van der Waals surface area (Å²) in [7, 11) is 0. The van der Waals surface area contributed by atoms with Gasteiger partial charge in [0, 0.05) is 27.0 Å². The van der Waals surface area contributed by atoms with Crippen molar-refractivity contribution in [1.82, 2.24) is 20.2 Å². The fourth-order valence-electron chi connectivity index (χ4n) is 3.02. The van der Waals surface area contributed by atoms with Crippen molar-refractivity contribution in [2.24, 2.45) is 0 Å². The van der Waals surface area contributed by atoms with Crippen LogP contribution in [0, 0.1) is 0 Å². The zero-order chi connectivity index (χ0) is 19.0. The van der Waals surface area contributed by atoms with Crippen LogP contribution >= 0.6 is 23.2 Å². The first-order valence-electron chi connectivity index (χ1n) is 8.11. The molecule has 1 amide bonds. The van der Waals surface area contributed by atoms with Gasteiger partial charge in [0.2, 0.25) is 5.95 Å². The molecule has 2 heterocycles. The minimum absolute atomic E-state index is 0.284. The second-order valence-corrected chi connectivity index (χ2v) is 6.84. The van der Waals surface area contributed by atoms with Crippen molar-refractivity contribution >= 4 is 40.7 Å². The maximum absolute atomic E-state index is 13.1. The Balaban J connectivity index is 1.77. The van der Waals surface area contributed by atoms with Crippen molar-refractivity contribution in [1.29, 1.82) is 0 Å². The first kappa shape index (κ1) is 17.5. The molecule has 27 heavy (non-hydrogen) atoms. The van der Waals surface area contributed by atoms with Crippen LogP contribution in [0.3, 0.4) is 0 Å². The number of fused-ring (bicyclic) bond motifs is 1. The maximum Gasteiger partial charge on any atom is 0.255 e. The van der Waals surface area contributed by atoms with Crippen LogP contribution in [0.4, 0.5) is 11.6 Å². The topological polar surface area (TPSA) is 84.7 Å². The molecule has 4 rings (SSSR count). The number of aromatic nitrogens is 4. The average molecular weight is 401 g/mol. The molecule has 2 N–H and O–H groups in total. The highest BCUT2D eigenvalue weighted by Gasteiger charge is 2.35. The molecule has 0 saturated heterocycles. The molecule has 1 aliphatic heterocycles. The van der Waals surface area contributed by atoms with E-state index in [2.05, 4.69) is 26.2 Å². The summed E-state index contributed by atoms with van der Waals surface area (Å²) in [5.74, 6) is 0.161. The molecule has 1 aliphatic rings. The van der Waals surface area contributed by atoms with Crippen LogP contribution in [-0.2, 0) is 4.79 Å². The molecule has 7 nitrogen and oxygen atoms in total. The zero-order valence-corrected chi connectivity index (χ0v) is 15.7. The Kier molecular flexibility index (Phi) is 4.55. The molecule has 1 aromatic heterocycles. The SMILES string of the molecule is CC1=C(C(=O)Nc2ccc(Cl)cc2)C(c2ccccc2Cl)n2nnnc2N1. The van der Waals surface area contributed by atoms with E-state index in [1.165, 1.54) is 0 Å². The lowest BCUT2D eigenvalue weighted by atomic mass is 9.95. The Morgan fingerprint density at radius 2 is 1.89 bits per heavy atom. The molecule has 2 aromatic carbocycles. The van der Waals surface area contributed by atoms with E-state index in [0.29, 0.717) is 33.0 Å².